The predicted octanol–water partition coefficient (Wildman–Crippen LogP) is 1.41. The molecule has 1 aliphatic heterocycles. The van der Waals surface area contributed by atoms with E-state index in [0.717, 1.165) is 13.0 Å². The number of hydrogen-bond donors (Lipinski definition) is 1. The number of carbonyl (C=O) groups excluding carboxylic acids is 1. The lowest BCUT2D eigenvalue weighted by atomic mass is 9.92. The molecule has 0 fully saturated rings. The summed E-state index contributed by atoms with van der Waals surface area (Å²) < 4.78 is 0. The average molecular weight is 275 g/mol. The van der Waals surface area contributed by atoms with Gasteiger partial charge in [-0.1, -0.05) is 24.3 Å². The van der Waals surface area contributed by atoms with Crippen LogP contribution in [0.15, 0.2) is 24.3 Å². The van der Waals surface area contributed by atoms with Crippen molar-refractivity contribution in [3.05, 3.63) is 35.4 Å². The molecule has 0 spiro atoms. The molecule has 1 unspecified atom stereocenters. The highest BCUT2D eigenvalue weighted by Crippen LogP contribution is 2.28. The van der Waals surface area contributed by atoms with Gasteiger partial charge in [0, 0.05) is 32.2 Å². The normalized spacial score (nSPS) is 18.9. The van der Waals surface area contributed by atoms with Gasteiger partial charge in [-0.05, 0) is 31.4 Å². The van der Waals surface area contributed by atoms with Crippen molar-refractivity contribution in [2.45, 2.75) is 32.4 Å². The number of nitrogens with two attached hydrogens (primary N) is 1. The van der Waals surface area contributed by atoms with E-state index in [-0.39, 0.29) is 18.0 Å². The van der Waals surface area contributed by atoms with Gasteiger partial charge < -0.3 is 10.6 Å². The van der Waals surface area contributed by atoms with Gasteiger partial charge in [-0.15, -0.1) is 0 Å². The number of rotatable bonds is 4. The first-order valence-electron chi connectivity index (χ1n) is 7.32. The molecule has 0 saturated heterocycles. The molecule has 4 heteroatoms. The zero-order chi connectivity index (χ0) is 14.7. The summed E-state index contributed by atoms with van der Waals surface area (Å²) in [7, 11) is 1.86. The Kier molecular flexibility index (Phi) is 4.78. The van der Waals surface area contributed by atoms with Crippen LogP contribution >= 0.6 is 0 Å². The molecule has 20 heavy (non-hydrogen) atoms. The Morgan fingerprint density at radius 3 is 2.80 bits per heavy atom. The number of fused-ring (bicyclic) bond motifs is 1. The van der Waals surface area contributed by atoms with E-state index in [0.29, 0.717) is 13.1 Å². The minimum Gasteiger partial charge on any atom is -0.342 e. The topological polar surface area (TPSA) is 49.6 Å². The van der Waals surface area contributed by atoms with Crippen LogP contribution in [-0.4, -0.2) is 48.4 Å². The zero-order valence-corrected chi connectivity index (χ0v) is 12.7. The van der Waals surface area contributed by atoms with Gasteiger partial charge in [-0.25, -0.2) is 0 Å². The number of likely N-dealkylation sites (N-methyl/N-ethyl adjacent to an activating group) is 1. The summed E-state index contributed by atoms with van der Waals surface area (Å²) in [6, 6.07) is 8.81. The molecular formula is C16H25N3O. The van der Waals surface area contributed by atoms with Gasteiger partial charge in [-0.3, -0.25) is 9.69 Å². The monoisotopic (exact) mass is 275 g/mol. The van der Waals surface area contributed by atoms with Crippen LogP contribution in [0.4, 0.5) is 0 Å². The van der Waals surface area contributed by atoms with Crippen LogP contribution in [0.25, 0.3) is 0 Å². The molecule has 1 aromatic carbocycles. The Balaban J connectivity index is 2.12. The fourth-order valence-electron chi connectivity index (χ4n) is 2.74. The molecule has 0 aliphatic carbocycles. The van der Waals surface area contributed by atoms with Crippen LogP contribution in [0.3, 0.4) is 0 Å². The van der Waals surface area contributed by atoms with Gasteiger partial charge in [0.1, 0.15) is 0 Å². The highest BCUT2D eigenvalue weighted by molar-refractivity contribution is 5.78. The highest BCUT2D eigenvalue weighted by atomic mass is 16.2. The minimum atomic E-state index is 0.157. The minimum absolute atomic E-state index is 0.157. The summed E-state index contributed by atoms with van der Waals surface area (Å²) in [5.74, 6) is 0.165. The summed E-state index contributed by atoms with van der Waals surface area (Å²) in [5.41, 5.74) is 8.60. The highest BCUT2D eigenvalue weighted by Gasteiger charge is 2.28. The second-order valence-electron chi connectivity index (χ2n) is 5.77. The first-order chi connectivity index (χ1) is 9.54. The van der Waals surface area contributed by atoms with Gasteiger partial charge in [0.25, 0.3) is 0 Å². The maximum Gasteiger partial charge on any atom is 0.236 e. The van der Waals surface area contributed by atoms with Gasteiger partial charge in [0.15, 0.2) is 0 Å². The number of nitrogens with zero attached hydrogens (tertiary/aromatic N) is 2. The molecule has 2 rings (SSSR count). The Morgan fingerprint density at radius 2 is 2.15 bits per heavy atom. The van der Waals surface area contributed by atoms with Crippen LogP contribution in [-0.2, 0) is 11.2 Å². The van der Waals surface area contributed by atoms with Gasteiger partial charge >= 0.3 is 0 Å². The molecule has 1 aliphatic rings. The Bertz CT molecular complexity index is 473. The predicted molar refractivity (Wildman–Crippen MR) is 81.4 cm³/mol. The Labute approximate surface area is 121 Å². The van der Waals surface area contributed by atoms with Gasteiger partial charge in [0.05, 0.1) is 6.54 Å². The van der Waals surface area contributed by atoms with Crippen molar-refractivity contribution in [3.8, 4) is 0 Å². The molecular weight excluding hydrogens is 250 g/mol. The molecule has 2 N–H and O–H groups in total. The summed E-state index contributed by atoms with van der Waals surface area (Å²) in [4.78, 5) is 16.3. The van der Waals surface area contributed by atoms with Crippen molar-refractivity contribution < 1.29 is 4.79 Å². The summed E-state index contributed by atoms with van der Waals surface area (Å²) in [5, 5.41) is 0. The molecule has 0 aromatic heterocycles. The lowest BCUT2D eigenvalue weighted by Crippen LogP contribution is -2.46. The fraction of sp³-hybridized carbons (Fsp3) is 0.562. The average Bonchev–Trinajstić information content (AvgIpc) is 2.45. The third-order valence-electron chi connectivity index (χ3n) is 4.25. The quantitative estimate of drug-likeness (QED) is 0.904. The van der Waals surface area contributed by atoms with E-state index >= 15 is 0 Å². The van der Waals surface area contributed by atoms with Crippen LogP contribution < -0.4 is 5.73 Å². The van der Waals surface area contributed by atoms with Crippen molar-refractivity contribution in [3.63, 3.8) is 0 Å². The standard InChI is InChI=1S/C16H25N3O/c1-12(2)18(3)16(20)11-19-9-8-13-6-4-5-7-14(13)15(19)10-17/h4-7,12,15H,8-11,17H2,1-3H3. The Morgan fingerprint density at radius 1 is 1.45 bits per heavy atom. The molecule has 0 radical (unpaired) electrons. The lowest BCUT2D eigenvalue weighted by Gasteiger charge is -2.37. The van der Waals surface area contributed by atoms with Crippen molar-refractivity contribution in [1.82, 2.24) is 9.80 Å². The number of hydrogen-bond acceptors (Lipinski definition) is 3. The number of amides is 1. The second-order valence-corrected chi connectivity index (χ2v) is 5.77. The van der Waals surface area contributed by atoms with Crippen LogP contribution in [0.2, 0.25) is 0 Å². The first kappa shape index (κ1) is 15.0. The third-order valence-corrected chi connectivity index (χ3v) is 4.25. The molecule has 0 saturated carbocycles. The van der Waals surface area contributed by atoms with E-state index in [1.165, 1.54) is 11.1 Å². The van der Waals surface area contributed by atoms with Gasteiger partial charge in [0.2, 0.25) is 5.91 Å². The van der Waals surface area contributed by atoms with E-state index in [2.05, 4.69) is 23.1 Å². The molecule has 4 nitrogen and oxygen atoms in total. The zero-order valence-electron chi connectivity index (χ0n) is 12.7. The van der Waals surface area contributed by atoms with E-state index in [1.54, 1.807) is 4.90 Å². The maximum absolute atomic E-state index is 12.3. The van der Waals surface area contributed by atoms with E-state index in [9.17, 15) is 4.79 Å². The molecule has 1 amide bonds. The van der Waals surface area contributed by atoms with Gasteiger partial charge in [-0.2, -0.15) is 0 Å². The molecule has 0 bridgehead atoms. The summed E-state index contributed by atoms with van der Waals surface area (Å²) >= 11 is 0. The molecule has 1 aromatic rings. The van der Waals surface area contributed by atoms with Crippen molar-refractivity contribution >= 4 is 5.91 Å². The first-order valence-corrected chi connectivity index (χ1v) is 7.32. The molecule has 1 heterocycles. The Hall–Kier alpha value is -1.39. The van der Waals surface area contributed by atoms with Crippen molar-refractivity contribution in [2.24, 2.45) is 5.73 Å². The third kappa shape index (κ3) is 3.02. The largest absolute Gasteiger partial charge is 0.342 e. The van der Waals surface area contributed by atoms with Crippen LogP contribution in [0.5, 0.6) is 0 Å². The lowest BCUT2D eigenvalue weighted by molar-refractivity contribution is -0.133. The van der Waals surface area contributed by atoms with Crippen LogP contribution in [0.1, 0.15) is 31.0 Å². The fourth-order valence-corrected chi connectivity index (χ4v) is 2.74. The number of benzene rings is 1. The summed E-state index contributed by atoms with van der Waals surface area (Å²) in [6.45, 7) is 5.96. The van der Waals surface area contributed by atoms with Crippen LogP contribution in [0, 0.1) is 0 Å². The van der Waals surface area contributed by atoms with Crippen molar-refractivity contribution in [1.29, 1.82) is 0 Å². The second kappa shape index (κ2) is 6.37. The number of carbonyl (C=O) groups is 1. The van der Waals surface area contributed by atoms with E-state index in [1.807, 2.05) is 27.0 Å². The summed E-state index contributed by atoms with van der Waals surface area (Å²) in [6.07, 6.45) is 0.991. The maximum atomic E-state index is 12.3. The SMILES string of the molecule is CC(C)N(C)C(=O)CN1CCc2ccccc2C1CN. The van der Waals surface area contributed by atoms with E-state index < -0.39 is 0 Å². The molecule has 1 atom stereocenters. The molecule has 110 valence electrons. The van der Waals surface area contributed by atoms with Crippen molar-refractivity contribution in [2.75, 3.05) is 26.7 Å². The van der Waals surface area contributed by atoms with E-state index in [4.69, 9.17) is 5.73 Å². The smallest absolute Gasteiger partial charge is 0.236 e.